The van der Waals surface area contributed by atoms with Gasteiger partial charge >= 0.3 is 0 Å². The second-order valence-electron chi connectivity index (χ2n) is 9.78. The molecule has 2 aromatic carbocycles. The van der Waals surface area contributed by atoms with Crippen molar-refractivity contribution in [2.75, 3.05) is 25.0 Å². The number of hydrogen-bond donors (Lipinski definition) is 3. The molecule has 4 N–H and O–H groups in total. The van der Waals surface area contributed by atoms with Gasteiger partial charge in [0.2, 0.25) is 11.8 Å². The molecule has 1 aliphatic rings. The van der Waals surface area contributed by atoms with E-state index in [1.54, 1.807) is 36.7 Å². The highest BCUT2D eigenvalue weighted by atomic mass is 35.5. The first-order valence-electron chi connectivity index (χ1n) is 13.1. The summed E-state index contributed by atoms with van der Waals surface area (Å²) < 4.78 is 0. The first-order chi connectivity index (χ1) is 18.8. The number of benzene rings is 2. The molecule has 0 aliphatic carbocycles. The van der Waals surface area contributed by atoms with Gasteiger partial charge in [0.1, 0.15) is 0 Å². The second-order valence-corrected chi connectivity index (χ2v) is 10.6. The average molecular weight is 570 g/mol. The average Bonchev–Trinajstić information content (AvgIpc) is 3.45. The lowest BCUT2D eigenvalue weighted by atomic mass is 9.99. The monoisotopic (exact) mass is 568 g/mol. The van der Waals surface area contributed by atoms with Gasteiger partial charge in [-0.2, -0.15) is 0 Å². The molecular formula is C29H34Cl2N6O2. The number of H-pyrrole nitrogens is 1. The third kappa shape index (κ3) is 7.85. The van der Waals surface area contributed by atoms with E-state index >= 15 is 0 Å². The molecule has 206 valence electrons. The third-order valence-electron chi connectivity index (χ3n) is 6.90. The number of piperazine rings is 1. The molecular weight excluding hydrogens is 535 g/mol. The molecule has 2 amide bonds. The zero-order chi connectivity index (χ0) is 27.8. The summed E-state index contributed by atoms with van der Waals surface area (Å²) in [5, 5.41) is 4.26. The second kappa shape index (κ2) is 13.6. The van der Waals surface area contributed by atoms with E-state index in [-0.39, 0.29) is 23.9 Å². The van der Waals surface area contributed by atoms with Gasteiger partial charge in [-0.15, -0.1) is 0 Å². The molecule has 8 nitrogen and oxygen atoms in total. The van der Waals surface area contributed by atoms with Gasteiger partial charge < -0.3 is 25.8 Å². The van der Waals surface area contributed by atoms with Crippen LogP contribution >= 0.6 is 23.2 Å². The maximum Gasteiger partial charge on any atom is 0.246 e. The molecule has 0 unspecified atom stereocenters. The predicted octanol–water partition coefficient (Wildman–Crippen LogP) is 4.62. The van der Waals surface area contributed by atoms with E-state index in [9.17, 15) is 9.59 Å². The number of aromatic nitrogens is 2. The molecule has 39 heavy (non-hydrogen) atoms. The van der Waals surface area contributed by atoms with Crippen molar-refractivity contribution in [2.24, 2.45) is 5.73 Å². The van der Waals surface area contributed by atoms with Gasteiger partial charge in [0, 0.05) is 60.2 Å². The number of nitrogens with two attached hydrogens (primary N) is 1. The number of halogens is 2. The number of anilines is 1. The molecule has 0 saturated carbocycles. The van der Waals surface area contributed by atoms with Crippen LogP contribution in [0.3, 0.4) is 0 Å². The van der Waals surface area contributed by atoms with Crippen LogP contribution in [0.4, 0.5) is 5.95 Å². The third-order valence-corrected chi connectivity index (χ3v) is 7.49. The number of aromatic amines is 1. The van der Waals surface area contributed by atoms with E-state index in [1.807, 2.05) is 53.1 Å². The summed E-state index contributed by atoms with van der Waals surface area (Å²) in [6.45, 7) is 3.48. The van der Waals surface area contributed by atoms with Crippen LogP contribution in [0.1, 0.15) is 30.9 Å². The number of imidazole rings is 1. The first-order valence-corrected chi connectivity index (χ1v) is 13.8. The molecule has 0 spiro atoms. The summed E-state index contributed by atoms with van der Waals surface area (Å²) in [6.07, 6.45) is 8.65. The van der Waals surface area contributed by atoms with E-state index in [1.165, 1.54) is 0 Å². The summed E-state index contributed by atoms with van der Waals surface area (Å²) in [6, 6.07) is 13.8. The van der Waals surface area contributed by atoms with Crippen LogP contribution in [0.25, 0.3) is 6.08 Å². The fourth-order valence-electron chi connectivity index (χ4n) is 4.82. The highest BCUT2D eigenvalue weighted by molar-refractivity contribution is 6.35. The van der Waals surface area contributed by atoms with E-state index in [0.29, 0.717) is 48.5 Å². The van der Waals surface area contributed by atoms with Crippen molar-refractivity contribution in [3.05, 3.63) is 88.2 Å². The normalized spacial score (nSPS) is 18.4. The Morgan fingerprint density at radius 2 is 1.97 bits per heavy atom. The minimum absolute atomic E-state index is 0.0746. The van der Waals surface area contributed by atoms with Gasteiger partial charge in [0.15, 0.2) is 5.95 Å². The van der Waals surface area contributed by atoms with E-state index < -0.39 is 6.04 Å². The van der Waals surface area contributed by atoms with E-state index in [0.717, 1.165) is 17.5 Å². The van der Waals surface area contributed by atoms with Crippen LogP contribution in [0.2, 0.25) is 10.0 Å². The van der Waals surface area contributed by atoms with Crippen molar-refractivity contribution in [2.45, 2.75) is 44.3 Å². The van der Waals surface area contributed by atoms with Crippen molar-refractivity contribution >= 4 is 47.0 Å². The lowest BCUT2D eigenvalue weighted by molar-refractivity contribution is -0.145. The molecule has 10 heteroatoms. The molecule has 3 atom stereocenters. The fraction of sp³-hybridized carbons (Fsp3) is 0.345. The Morgan fingerprint density at radius 3 is 2.69 bits per heavy atom. The fourth-order valence-corrected chi connectivity index (χ4v) is 5.31. The van der Waals surface area contributed by atoms with Crippen molar-refractivity contribution in [3.63, 3.8) is 0 Å². The van der Waals surface area contributed by atoms with Crippen molar-refractivity contribution in [3.8, 4) is 0 Å². The zero-order valence-electron chi connectivity index (χ0n) is 21.9. The molecule has 1 saturated heterocycles. The molecule has 0 bridgehead atoms. The largest absolute Gasteiger partial charge is 0.356 e. The van der Waals surface area contributed by atoms with Crippen molar-refractivity contribution in [1.29, 1.82) is 0 Å². The van der Waals surface area contributed by atoms with Crippen LogP contribution < -0.4 is 11.1 Å². The number of carbonyl (C=O) groups is 2. The number of nitrogens with one attached hydrogen (secondary N) is 2. The Balaban J connectivity index is 1.45. The smallest absolute Gasteiger partial charge is 0.246 e. The van der Waals surface area contributed by atoms with Gasteiger partial charge in [0.05, 0.1) is 6.04 Å². The topological polar surface area (TPSA) is 107 Å². The summed E-state index contributed by atoms with van der Waals surface area (Å²) in [7, 11) is 0. The Bertz CT molecular complexity index is 1270. The van der Waals surface area contributed by atoms with Crippen LogP contribution in [0.15, 0.2) is 67.0 Å². The van der Waals surface area contributed by atoms with Crippen molar-refractivity contribution < 1.29 is 9.59 Å². The van der Waals surface area contributed by atoms with Gasteiger partial charge in [0.25, 0.3) is 0 Å². The summed E-state index contributed by atoms with van der Waals surface area (Å²) in [5.74, 6) is 0.475. The number of hydrogen-bond acceptors (Lipinski definition) is 5. The molecule has 1 fully saturated rings. The summed E-state index contributed by atoms with van der Waals surface area (Å²) in [4.78, 5) is 37.7. The maximum atomic E-state index is 13.6. The highest BCUT2D eigenvalue weighted by Crippen LogP contribution is 2.24. The van der Waals surface area contributed by atoms with Gasteiger partial charge in [-0.3, -0.25) is 9.59 Å². The minimum atomic E-state index is -0.764. The Kier molecular flexibility index (Phi) is 10.0. The van der Waals surface area contributed by atoms with Crippen LogP contribution in [-0.2, 0) is 16.0 Å². The maximum absolute atomic E-state index is 13.6. The molecule has 2 heterocycles. The standard InChI is InChI=1S/C29H34Cl2N6O2/c1-20-18-37(28(39)26(32)16-22-10-11-23(30)17-25(22)31)24(8-5-13-33-29-34-14-15-35-29)19-36(20)27(38)12-9-21-6-3-2-4-7-21/h2-4,6-7,9-12,14-15,17,20,24,26H,5,8,13,16,18-19,32H2,1H3,(H2,33,34,35)/b12-9+/t20-,24+,26-/m1/s1. The van der Waals surface area contributed by atoms with Gasteiger partial charge in [-0.1, -0.05) is 59.6 Å². The molecule has 0 radical (unpaired) electrons. The van der Waals surface area contributed by atoms with Gasteiger partial charge in [-0.05, 0) is 55.5 Å². The minimum Gasteiger partial charge on any atom is -0.356 e. The van der Waals surface area contributed by atoms with E-state index in [4.69, 9.17) is 28.9 Å². The molecule has 1 aromatic heterocycles. The molecule has 1 aliphatic heterocycles. The number of amides is 2. The quantitative estimate of drug-likeness (QED) is 0.244. The van der Waals surface area contributed by atoms with Crippen LogP contribution in [0, 0.1) is 0 Å². The Morgan fingerprint density at radius 1 is 1.18 bits per heavy atom. The molecule has 3 aromatic rings. The summed E-state index contributed by atoms with van der Waals surface area (Å²) >= 11 is 12.4. The Labute approximate surface area is 239 Å². The number of nitrogens with zero attached hydrogens (tertiary/aromatic N) is 3. The number of carbonyl (C=O) groups excluding carboxylic acids is 2. The van der Waals surface area contributed by atoms with Crippen LogP contribution in [0.5, 0.6) is 0 Å². The zero-order valence-corrected chi connectivity index (χ0v) is 23.4. The summed E-state index contributed by atoms with van der Waals surface area (Å²) in [5.41, 5.74) is 8.15. The van der Waals surface area contributed by atoms with Crippen LogP contribution in [-0.4, -0.2) is 69.3 Å². The SMILES string of the molecule is C[C@@H]1CN(C(=O)[C@H](N)Cc2ccc(Cl)cc2Cl)[C@@H](CCCNc2ncc[nH]2)CN1C(=O)/C=C/c1ccccc1. The lowest BCUT2D eigenvalue weighted by Crippen LogP contribution is -2.62. The van der Waals surface area contributed by atoms with E-state index in [2.05, 4.69) is 15.3 Å². The molecule has 4 rings (SSSR count). The Hall–Kier alpha value is -3.33. The van der Waals surface area contributed by atoms with Crippen molar-refractivity contribution in [1.82, 2.24) is 19.8 Å². The van der Waals surface area contributed by atoms with Gasteiger partial charge in [-0.25, -0.2) is 4.98 Å². The number of rotatable bonds is 10. The highest BCUT2D eigenvalue weighted by Gasteiger charge is 2.37. The lowest BCUT2D eigenvalue weighted by Gasteiger charge is -2.46. The predicted molar refractivity (Wildman–Crippen MR) is 157 cm³/mol. The first kappa shape index (κ1) is 28.7.